The SMILES string of the molecule is Cc1ccc(Cl)c(N=C=O)c1Cl. The lowest BCUT2D eigenvalue weighted by atomic mass is 10.2. The summed E-state index contributed by atoms with van der Waals surface area (Å²) in [5.41, 5.74) is 1.11. The summed E-state index contributed by atoms with van der Waals surface area (Å²) in [5.74, 6) is 0. The third-order valence-electron chi connectivity index (χ3n) is 1.42. The van der Waals surface area contributed by atoms with Gasteiger partial charge in [-0.25, -0.2) is 4.79 Å². The van der Waals surface area contributed by atoms with Gasteiger partial charge in [-0.05, 0) is 18.6 Å². The molecule has 0 radical (unpaired) electrons. The largest absolute Gasteiger partial charge is 0.240 e. The highest BCUT2D eigenvalue weighted by molar-refractivity contribution is 6.39. The van der Waals surface area contributed by atoms with Crippen molar-refractivity contribution in [1.82, 2.24) is 0 Å². The van der Waals surface area contributed by atoms with Gasteiger partial charge in [-0.15, -0.1) is 0 Å². The second-order valence-electron chi connectivity index (χ2n) is 2.23. The Labute approximate surface area is 79.8 Å². The minimum absolute atomic E-state index is 0.285. The van der Waals surface area contributed by atoms with Gasteiger partial charge in [0.1, 0.15) is 5.69 Å². The molecule has 1 rings (SSSR count). The van der Waals surface area contributed by atoms with Crippen LogP contribution in [0, 0.1) is 6.92 Å². The first-order valence-corrected chi connectivity index (χ1v) is 3.95. The molecule has 1 aromatic rings. The minimum atomic E-state index is 0.285. The molecule has 12 heavy (non-hydrogen) atoms. The van der Waals surface area contributed by atoms with Gasteiger partial charge in [0.15, 0.2) is 0 Å². The average Bonchev–Trinajstić information content (AvgIpc) is 2.06. The van der Waals surface area contributed by atoms with Crippen LogP contribution in [-0.4, -0.2) is 6.08 Å². The molecule has 0 aliphatic carbocycles. The van der Waals surface area contributed by atoms with E-state index in [1.165, 1.54) is 6.08 Å². The highest BCUT2D eigenvalue weighted by Crippen LogP contribution is 2.34. The van der Waals surface area contributed by atoms with Gasteiger partial charge in [-0.1, -0.05) is 29.3 Å². The molecule has 0 N–H and O–H groups in total. The van der Waals surface area contributed by atoms with E-state index in [4.69, 9.17) is 23.2 Å². The van der Waals surface area contributed by atoms with Crippen molar-refractivity contribution in [2.24, 2.45) is 4.99 Å². The molecule has 0 saturated heterocycles. The Morgan fingerprint density at radius 1 is 1.42 bits per heavy atom. The van der Waals surface area contributed by atoms with E-state index in [1.54, 1.807) is 12.1 Å². The summed E-state index contributed by atoms with van der Waals surface area (Å²) >= 11 is 11.5. The van der Waals surface area contributed by atoms with Crippen LogP contribution in [0.2, 0.25) is 10.0 Å². The molecular formula is C8H5Cl2NO. The van der Waals surface area contributed by atoms with E-state index in [0.717, 1.165) is 5.56 Å². The molecule has 0 aliphatic rings. The molecular weight excluding hydrogens is 197 g/mol. The van der Waals surface area contributed by atoms with Crippen LogP contribution in [-0.2, 0) is 4.79 Å². The highest BCUT2D eigenvalue weighted by Gasteiger charge is 2.06. The molecule has 0 aromatic heterocycles. The van der Waals surface area contributed by atoms with Crippen LogP contribution in [0.25, 0.3) is 0 Å². The van der Waals surface area contributed by atoms with E-state index in [2.05, 4.69) is 4.99 Å². The van der Waals surface area contributed by atoms with Gasteiger partial charge in [-0.2, -0.15) is 4.99 Å². The number of halogens is 2. The third-order valence-corrected chi connectivity index (χ3v) is 2.20. The molecule has 0 unspecified atom stereocenters. The van der Waals surface area contributed by atoms with Crippen molar-refractivity contribution < 1.29 is 4.79 Å². The van der Waals surface area contributed by atoms with Gasteiger partial charge < -0.3 is 0 Å². The molecule has 0 spiro atoms. The van der Waals surface area contributed by atoms with Gasteiger partial charge in [0.05, 0.1) is 10.0 Å². The summed E-state index contributed by atoms with van der Waals surface area (Å²) in [6, 6.07) is 3.40. The molecule has 0 fully saturated rings. The topological polar surface area (TPSA) is 29.4 Å². The van der Waals surface area contributed by atoms with Crippen LogP contribution < -0.4 is 0 Å². The van der Waals surface area contributed by atoms with Gasteiger partial charge in [-0.3, -0.25) is 0 Å². The lowest BCUT2D eigenvalue weighted by molar-refractivity contribution is 0.565. The third kappa shape index (κ3) is 1.67. The summed E-state index contributed by atoms with van der Waals surface area (Å²) in [6.07, 6.45) is 1.40. The fourth-order valence-corrected chi connectivity index (χ4v) is 1.25. The first-order valence-electron chi connectivity index (χ1n) is 3.19. The summed E-state index contributed by atoms with van der Waals surface area (Å²) in [4.78, 5) is 13.4. The number of aliphatic imine (C=N–C) groups is 1. The lowest BCUT2D eigenvalue weighted by Gasteiger charge is -2.01. The van der Waals surface area contributed by atoms with E-state index >= 15 is 0 Å². The summed E-state index contributed by atoms with van der Waals surface area (Å²) in [6.45, 7) is 1.81. The number of hydrogen-bond donors (Lipinski definition) is 0. The van der Waals surface area contributed by atoms with E-state index in [0.29, 0.717) is 10.0 Å². The van der Waals surface area contributed by atoms with Crippen molar-refractivity contribution in [3.63, 3.8) is 0 Å². The number of rotatable bonds is 1. The number of benzene rings is 1. The molecule has 0 atom stereocenters. The molecule has 0 aliphatic heterocycles. The van der Waals surface area contributed by atoms with Gasteiger partial charge in [0, 0.05) is 0 Å². The normalized spacial score (nSPS) is 9.25. The molecule has 62 valence electrons. The smallest absolute Gasteiger partial charge is 0.211 e. The van der Waals surface area contributed by atoms with Crippen LogP contribution in [0.3, 0.4) is 0 Å². The molecule has 0 saturated carbocycles. The van der Waals surface area contributed by atoms with Crippen LogP contribution in [0.1, 0.15) is 5.56 Å². The Morgan fingerprint density at radius 2 is 2.08 bits per heavy atom. The second kappa shape index (κ2) is 3.72. The number of nitrogens with zero attached hydrogens (tertiary/aromatic N) is 1. The van der Waals surface area contributed by atoms with Gasteiger partial charge in [0.2, 0.25) is 6.08 Å². The van der Waals surface area contributed by atoms with Gasteiger partial charge in [0.25, 0.3) is 0 Å². The van der Waals surface area contributed by atoms with E-state index in [-0.39, 0.29) is 5.69 Å². The quantitative estimate of drug-likeness (QED) is 0.507. The maximum absolute atomic E-state index is 9.98. The Balaban J connectivity index is 3.42. The first-order chi connectivity index (χ1) is 5.66. The van der Waals surface area contributed by atoms with Gasteiger partial charge >= 0.3 is 0 Å². The van der Waals surface area contributed by atoms with E-state index in [9.17, 15) is 4.79 Å². The van der Waals surface area contributed by atoms with E-state index in [1.807, 2.05) is 6.92 Å². The summed E-state index contributed by atoms with van der Waals surface area (Å²) < 4.78 is 0. The summed E-state index contributed by atoms with van der Waals surface area (Å²) in [5, 5.41) is 0.750. The van der Waals surface area contributed by atoms with Crippen molar-refractivity contribution in [2.45, 2.75) is 6.92 Å². The zero-order chi connectivity index (χ0) is 9.14. The van der Waals surface area contributed by atoms with Crippen LogP contribution in [0.4, 0.5) is 5.69 Å². The van der Waals surface area contributed by atoms with Crippen LogP contribution in [0.5, 0.6) is 0 Å². The minimum Gasteiger partial charge on any atom is -0.211 e. The monoisotopic (exact) mass is 201 g/mol. The zero-order valence-corrected chi connectivity index (χ0v) is 7.78. The van der Waals surface area contributed by atoms with Crippen molar-refractivity contribution in [3.05, 3.63) is 27.7 Å². The highest BCUT2D eigenvalue weighted by atomic mass is 35.5. The fraction of sp³-hybridized carbons (Fsp3) is 0.125. The number of isocyanates is 1. The van der Waals surface area contributed by atoms with Crippen LogP contribution >= 0.6 is 23.2 Å². The predicted molar refractivity (Wildman–Crippen MR) is 49.0 cm³/mol. The summed E-state index contributed by atoms with van der Waals surface area (Å²) in [7, 11) is 0. The number of aryl methyl sites for hydroxylation is 1. The predicted octanol–water partition coefficient (Wildman–Crippen LogP) is 3.27. The van der Waals surface area contributed by atoms with Crippen molar-refractivity contribution >= 4 is 35.0 Å². The van der Waals surface area contributed by atoms with Crippen molar-refractivity contribution in [2.75, 3.05) is 0 Å². The first kappa shape index (κ1) is 9.27. The zero-order valence-electron chi connectivity index (χ0n) is 6.27. The lowest BCUT2D eigenvalue weighted by Crippen LogP contribution is -1.76. The molecule has 4 heteroatoms. The van der Waals surface area contributed by atoms with Crippen molar-refractivity contribution in [3.8, 4) is 0 Å². The molecule has 0 heterocycles. The standard InChI is InChI=1S/C8H5Cl2NO/c1-5-2-3-6(9)8(7(5)10)11-4-12/h2-3H,1H3. The van der Waals surface area contributed by atoms with Crippen LogP contribution in [0.15, 0.2) is 17.1 Å². The van der Waals surface area contributed by atoms with Crippen molar-refractivity contribution in [1.29, 1.82) is 0 Å². The maximum atomic E-state index is 9.98. The maximum Gasteiger partial charge on any atom is 0.240 e. The van der Waals surface area contributed by atoms with E-state index < -0.39 is 0 Å². The molecule has 2 nitrogen and oxygen atoms in total. The molecule has 0 amide bonds. The Hall–Kier alpha value is -0.820. The fourth-order valence-electron chi connectivity index (χ4n) is 0.790. The molecule has 0 bridgehead atoms. The second-order valence-corrected chi connectivity index (χ2v) is 3.02. The Bertz CT molecular complexity index is 356. The Morgan fingerprint density at radius 3 is 2.67 bits per heavy atom. The Kier molecular flexibility index (Phi) is 2.88. The number of hydrogen-bond acceptors (Lipinski definition) is 2. The number of carbonyl (C=O) groups excluding carboxylic acids is 1. The average molecular weight is 202 g/mol. The molecule has 1 aromatic carbocycles.